The van der Waals surface area contributed by atoms with E-state index in [0.717, 1.165) is 0 Å². The second-order valence-electron chi connectivity index (χ2n) is 7.02. The van der Waals surface area contributed by atoms with E-state index >= 15 is 0 Å². The van der Waals surface area contributed by atoms with Gasteiger partial charge in [-0.05, 0) is 36.5 Å². The maximum absolute atomic E-state index is 12.2. The molecule has 0 unspecified atom stereocenters. The van der Waals surface area contributed by atoms with Gasteiger partial charge in [0.1, 0.15) is 0 Å². The summed E-state index contributed by atoms with van der Waals surface area (Å²) in [5.74, 6) is -0.394. The highest BCUT2D eigenvalue weighted by Gasteiger charge is 2.16. The van der Waals surface area contributed by atoms with Crippen LogP contribution in [0.1, 0.15) is 70.9 Å². The Balaban J connectivity index is 1.38. The minimum absolute atomic E-state index is 0.0135. The molecule has 0 bridgehead atoms. The fourth-order valence-corrected chi connectivity index (χ4v) is 3.45. The van der Waals surface area contributed by atoms with E-state index in [0.29, 0.717) is 11.5 Å². The first kappa shape index (κ1) is 19.9. The lowest BCUT2D eigenvalue weighted by atomic mass is 9.84. The molecule has 0 spiro atoms. The number of ether oxygens (including phenoxy) is 1. The van der Waals surface area contributed by atoms with Crippen LogP contribution >= 0.6 is 0 Å². The van der Waals surface area contributed by atoms with Crippen molar-refractivity contribution in [3.63, 3.8) is 0 Å². The monoisotopic (exact) mass is 383 g/mol. The molecule has 1 aliphatic rings. The molecule has 1 amide bonds. The fraction of sp³-hybridized carbons (Fsp3) is 0.409. The summed E-state index contributed by atoms with van der Waals surface area (Å²) in [5, 5.41) is 2.55. The Morgan fingerprint density at radius 3 is 2.46 bits per heavy atom. The highest BCUT2D eigenvalue weighted by Crippen LogP contribution is 2.32. The third kappa shape index (κ3) is 5.55. The zero-order chi connectivity index (χ0) is 19.8. The molecule has 1 N–H and O–H groups in total. The maximum Gasteiger partial charge on any atom is 0.308 e. The van der Waals surface area contributed by atoms with Crippen molar-refractivity contribution in [1.29, 1.82) is 0 Å². The molecule has 2 aromatic rings. The van der Waals surface area contributed by atoms with Crippen molar-refractivity contribution in [3.8, 4) is 0 Å². The van der Waals surface area contributed by atoms with Crippen molar-refractivity contribution in [1.82, 2.24) is 5.32 Å². The molecule has 148 valence electrons. The van der Waals surface area contributed by atoms with Gasteiger partial charge in [0.05, 0.1) is 12.7 Å². The predicted octanol–water partition coefficient (Wildman–Crippen LogP) is 3.87. The minimum Gasteiger partial charge on any atom is -0.459 e. The molecular formula is C22H25NO5. The Labute approximate surface area is 164 Å². The van der Waals surface area contributed by atoms with Gasteiger partial charge in [0.2, 0.25) is 0 Å². The second kappa shape index (κ2) is 9.88. The predicted molar refractivity (Wildman–Crippen MR) is 103 cm³/mol. The van der Waals surface area contributed by atoms with Crippen LogP contribution in [0, 0.1) is 0 Å². The highest BCUT2D eigenvalue weighted by atomic mass is 16.5. The summed E-state index contributed by atoms with van der Waals surface area (Å²) in [5.41, 5.74) is 1.82. The average Bonchev–Trinajstić information content (AvgIpc) is 3.28. The van der Waals surface area contributed by atoms with Crippen molar-refractivity contribution in [2.75, 3.05) is 13.2 Å². The van der Waals surface area contributed by atoms with E-state index in [1.807, 2.05) is 24.3 Å². The van der Waals surface area contributed by atoms with Gasteiger partial charge in [-0.25, -0.2) is 0 Å². The van der Waals surface area contributed by atoms with Crippen LogP contribution in [0.5, 0.6) is 0 Å². The molecule has 6 nitrogen and oxygen atoms in total. The number of rotatable bonds is 8. The minimum atomic E-state index is -0.535. The summed E-state index contributed by atoms with van der Waals surface area (Å²) in [6, 6.07) is 10.8. The molecule has 1 aliphatic carbocycles. The summed E-state index contributed by atoms with van der Waals surface area (Å²) in [4.78, 5) is 35.6. The zero-order valence-corrected chi connectivity index (χ0v) is 15.8. The Morgan fingerprint density at radius 1 is 1.04 bits per heavy atom. The first-order valence-electron chi connectivity index (χ1n) is 9.74. The Hall–Kier alpha value is -2.89. The number of nitrogens with one attached hydrogen (secondary N) is 1. The summed E-state index contributed by atoms with van der Waals surface area (Å²) in [6.07, 6.45) is 7.65. The van der Waals surface area contributed by atoms with E-state index in [4.69, 9.17) is 9.15 Å². The van der Waals surface area contributed by atoms with E-state index in [-0.39, 0.29) is 31.1 Å². The van der Waals surface area contributed by atoms with E-state index in [1.165, 1.54) is 50.0 Å². The lowest BCUT2D eigenvalue weighted by Crippen LogP contribution is -2.26. The number of benzene rings is 1. The Kier molecular flexibility index (Phi) is 7.00. The van der Waals surface area contributed by atoms with Crippen molar-refractivity contribution in [2.24, 2.45) is 0 Å². The molecule has 0 aliphatic heterocycles. The third-order valence-electron chi connectivity index (χ3n) is 5.03. The van der Waals surface area contributed by atoms with Crippen LogP contribution in [0.15, 0.2) is 47.1 Å². The largest absolute Gasteiger partial charge is 0.459 e. The SMILES string of the molecule is O=C(CCNC(=O)c1ccco1)OCC(=O)c1ccc(C2CCCCC2)cc1. The van der Waals surface area contributed by atoms with Gasteiger partial charge < -0.3 is 14.5 Å². The number of Topliss-reactive ketones (excluding diaryl/α,β-unsaturated/α-hetero) is 1. The molecule has 1 fully saturated rings. The summed E-state index contributed by atoms with van der Waals surface area (Å²) in [7, 11) is 0. The highest BCUT2D eigenvalue weighted by molar-refractivity contribution is 5.98. The first-order valence-corrected chi connectivity index (χ1v) is 9.74. The third-order valence-corrected chi connectivity index (χ3v) is 5.03. The summed E-state index contributed by atoms with van der Waals surface area (Å²) < 4.78 is 9.97. The molecule has 28 heavy (non-hydrogen) atoms. The molecule has 3 rings (SSSR count). The second-order valence-corrected chi connectivity index (χ2v) is 7.02. The van der Waals surface area contributed by atoms with Crippen molar-refractivity contribution in [2.45, 2.75) is 44.4 Å². The van der Waals surface area contributed by atoms with Crippen LogP contribution in [0.25, 0.3) is 0 Å². The van der Waals surface area contributed by atoms with Crippen LogP contribution < -0.4 is 5.32 Å². The molecule has 0 saturated heterocycles. The first-order chi connectivity index (χ1) is 13.6. The average molecular weight is 383 g/mol. The summed E-state index contributed by atoms with van der Waals surface area (Å²) in [6.45, 7) is -0.184. The van der Waals surface area contributed by atoms with Gasteiger partial charge in [0, 0.05) is 12.1 Å². The lowest BCUT2D eigenvalue weighted by Gasteiger charge is -2.22. The van der Waals surface area contributed by atoms with Gasteiger partial charge in [0.15, 0.2) is 18.2 Å². The quantitative estimate of drug-likeness (QED) is 0.552. The Bertz CT molecular complexity index is 789. The van der Waals surface area contributed by atoms with Gasteiger partial charge in [-0.1, -0.05) is 43.5 Å². The van der Waals surface area contributed by atoms with E-state index in [9.17, 15) is 14.4 Å². The molecule has 1 saturated carbocycles. The maximum atomic E-state index is 12.2. The number of carbonyl (C=O) groups is 3. The number of furan rings is 1. The van der Waals surface area contributed by atoms with E-state index in [1.54, 1.807) is 6.07 Å². The van der Waals surface area contributed by atoms with E-state index < -0.39 is 11.9 Å². The topological polar surface area (TPSA) is 85.6 Å². The lowest BCUT2D eigenvalue weighted by molar-refractivity contribution is -0.142. The van der Waals surface area contributed by atoms with Crippen molar-refractivity contribution < 1.29 is 23.5 Å². The number of carbonyl (C=O) groups excluding carboxylic acids is 3. The number of amides is 1. The van der Waals surface area contributed by atoms with Crippen molar-refractivity contribution >= 4 is 17.7 Å². The molecule has 1 aromatic carbocycles. The molecular weight excluding hydrogens is 358 g/mol. The normalized spacial score (nSPS) is 14.4. The molecule has 1 heterocycles. The van der Waals surface area contributed by atoms with Gasteiger partial charge in [-0.3, -0.25) is 14.4 Å². The fourth-order valence-electron chi connectivity index (χ4n) is 3.45. The van der Waals surface area contributed by atoms with Gasteiger partial charge >= 0.3 is 5.97 Å². The van der Waals surface area contributed by atoms with Crippen molar-refractivity contribution in [3.05, 3.63) is 59.5 Å². The molecule has 0 atom stereocenters. The number of ketones is 1. The zero-order valence-electron chi connectivity index (χ0n) is 15.8. The van der Waals surface area contributed by atoms with Crippen LogP contribution in [-0.4, -0.2) is 30.8 Å². The molecule has 1 aromatic heterocycles. The molecule has 6 heteroatoms. The number of hydrogen-bond donors (Lipinski definition) is 1. The van der Waals surface area contributed by atoms with Crippen LogP contribution in [-0.2, 0) is 9.53 Å². The number of esters is 1. The standard InChI is InChI=1S/C22H25NO5/c24-19(18-10-8-17(9-11-18)16-5-2-1-3-6-16)15-28-21(25)12-13-23-22(26)20-7-4-14-27-20/h4,7-11,14,16H,1-3,5-6,12-13,15H2,(H,23,26). The van der Waals surface area contributed by atoms with Gasteiger partial charge in [-0.15, -0.1) is 0 Å². The van der Waals surface area contributed by atoms with Gasteiger partial charge in [0.25, 0.3) is 5.91 Å². The van der Waals surface area contributed by atoms with Gasteiger partial charge in [-0.2, -0.15) is 0 Å². The van der Waals surface area contributed by atoms with Crippen LogP contribution in [0.4, 0.5) is 0 Å². The van der Waals surface area contributed by atoms with E-state index in [2.05, 4.69) is 5.32 Å². The van der Waals surface area contributed by atoms with Crippen LogP contribution in [0.3, 0.4) is 0 Å². The molecule has 0 radical (unpaired) electrons. The Morgan fingerprint density at radius 2 is 1.79 bits per heavy atom. The smallest absolute Gasteiger partial charge is 0.308 e. The number of hydrogen-bond acceptors (Lipinski definition) is 5. The van der Waals surface area contributed by atoms with Crippen LogP contribution in [0.2, 0.25) is 0 Å². The summed E-state index contributed by atoms with van der Waals surface area (Å²) >= 11 is 0.